The summed E-state index contributed by atoms with van der Waals surface area (Å²) in [4.78, 5) is 12.1. The van der Waals surface area contributed by atoms with Gasteiger partial charge in [0.15, 0.2) is 5.78 Å². The summed E-state index contributed by atoms with van der Waals surface area (Å²) >= 11 is 3.35. The van der Waals surface area contributed by atoms with Gasteiger partial charge in [-0.25, -0.2) is 4.39 Å². The predicted molar refractivity (Wildman–Crippen MR) is 73.3 cm³/mol. The molecular weight excluding hydrogens is 295 g/mol. The predicted octanol–water partition coefficient (Wildman–Crippen LogP) is 4.32. The summed E-state index contributed by atoms with van der Waals surface area (Å²) in [5.74, 6) is -0.327. The van der Waals surface area contributed by atoms with Gasteiger partial charge in [0.2, 0.25) is 0 Å². The number of aryl methyl sites for hydroxylation is 1. The second-order valence-corrected chi connectivity index (χ2v) is 5.00. The number of carbonyl (C=O) groups excluding carboxylic acids is 1. The Labute approximate surface area is 114 Å². The normalized spacial score (nSPS) is 10.4. The molecule has 2 rings (SSSR count). The van der Waals surface area contributed by atoms with Crippen LogP contribution in [-0.4, -0.2) is 5.78 Å². The van der Waals surface area contributed by atoms with Crippen LogP contribution in [0.3, 0.4) is 0 Å². The zero-order valence-corrected chi connectivity index (χ0v) is 11.5. The third-order valence-electron chi connectivity index (χ3n) is 2.84. The standard InChI is InChI=1S/C15H12BrFO/c1-10-6-7-12(17)8-11(10)9-15(18)13-4-2-3-5-14(13)16/h2-8H,9H2,1H3. The van der Waals surface area contributed by atoms with Crippen molar-refractivity contribution in [1.82, 2.24) is 0 Å². The first-order valence-electron chi connectivity index (χ1n) is 5.60. The molecule has 0 aromatic heterocycles. The molecule has 1 nitrogen and oxygen atoms in total. The summed E-state index contributed by atoms with van der Waals surface area (Å²) in [5, 5.41) is 0. The van der Waals surface area contributed by atoms with Gasteiger partial charge in [0.25, 0.3) is 0 Å². The third kappa shape index (κ3) is 2.85. The quantitative estimate of drug-likeness (QED) is 0.772. The van der Waals surface area contributed by atoms with Crippen molar-refractivity contribution in [2.45, 2.75) is 13.3 Å². The maximum atomic E-state index is 13.2. The van der Waals surface area contributed by atoms with Crippen LogP contribution in [0, 0.1) is 12.7 Å². The van der Waals surface area contributed by atoms with Gasteiger partial charge in [-0.1, -0.05) is 40.2 Å². The molecule has 18 heavy (non-hydrogen) atoms. The molecule has 0 N–H and O–H groups in total. The van der Waals surface area contributed by atoms with E-state index in [1.807, 2.05) is 25.1 Å². The van der Waals surface area contributed by atoms with Crippen LogP contribution in [0.15, 0.2) is 46.9 Å². The van der Waals surface area contributed by atoms with E-state index in [4.69, 9.17) is 0 Å². The van der Waals surface area contributed by atoms with Gasteiger partial charge in [0.05, 0.1) is 0 Å². The zero-order valence-electron chi connectivity index (χ0n) is 9.91. The SMILES string of the molecule is Cc1ccc(F)cc1CC(=O)c1ccccc1Br. The number of rotatable bonds is 3. The second kappa shape index (κ2) is 5.44. The van der Waals surface area contributed by atoms with E-state index in [9.17, 15) is 9.18 Å². The molecular formula is C15H12BrFO. The topological polar surface area (TPSA) is 17.1 Å². The molecule has 0 saturated carbocycles. The fraction of sp³-hybridized carbons (Fsp3) is 0.133. The molecule has 0 fully saturated rings. The minimum absolute atomic E-state index is 0.0174. The summed E-state index contributed by atoms with van der Waals surface area (Å²) in [6.07, 6.45) is 0.214. The summed E-state index contributed by atoms with van der Waals surface area (Å²) in [6.45, 7) is 1.88. The second-order valence-electron chi connectivity index (χ2n) is 4.15. The summed E-state index contributed by atoms with van der Waals surface area (Å²) in [6, 6.07) is 11.8. The number of halogens is 2. The lowest BCUT2D eigenvalue weighted by Crippen LogP contribution is -2.06. The van der Waals surface area contributed by atoms with E-state index >= 15 is 0 Å². The largest absolute Gasteiger partial charge is 0.294 e. The lowest BCUT2D eigenvalue weighted by atomic mass is 9.99. The van der Waals surface area contributed by atoms with Crippen molar-refractivity contribution in [3.8, 4) is 0 Å². The minimum Gasteiger partial charge on any atom is -0.294 e. The van der Waals surface area contributed by atoms with Crippen molar-refractivity contribution in [2.75, 3.05) is 0 Å². The Kier molecular flexibility index (Phi) is 3.92. The number of Topliss-reactive ketones (excluding diaryl/α,β-unsaturated/α-hetero) is 1. The van der Waals surface area contributed by atoms with Gasteiger partial charge in [-0.2, -0.15) is 0 Å². The van der Waals surface area contributed by atoms with Crippen LogP contribution in [0.4, 0.5) is 4.39 Å². The van der Waals surface area contributed by atoms with Gasteiger partial charge in [0.1, 0.15) is 5.82 Å². The molecule has 3 heteroatoms. The van der Waals surface area contributed by atoms with Crippen molar-refractivity contribution >= 4 is 21.7 Å². The van der Waals surface area contributed by atoms with Crippen LogP contribution in [0.2, 0.25) is 0 Å². The van der Waals surface area contributed by atoms with Crippen LogP contribution < -0.4 is 0 Å². The van der Waals surface area contributed by atoms with E-state index in [1.165, 1.54) is 12.1 Å². The highest BCUT2D eigenvalue weighted by atomic mass is 79.9. The zero-order chi connectivity index (χ0) is 13.1. The van der Waals surface area contributed by atoms with Crippen LogP contribution in [0.5, 0.6) is 0 Å². The van der Waals surface area contributed by atoms with E-state index in [0.717, 1.165) is 15.6 Å². The molecule has 0 unspecified atom stereocenters. The van der Waals surface area contributed by atoms with Crippen LogP contribution >= 0.6 is 15.9 Å². The smallest absolute Gasteiger partial charge is 0.168 e. The van der Waals surface area contributed by atoms with E-state index in [0.29, 0.717) is 5.56 Å². The molecule has 0 atom stereocenters. The van der Waals surface area contributed by atoms with Crippen molar-refractivity contribution < 1.29 is 9.18 Å². The Morgan fingerprint density at radius 1 is 1.22 bits per heavy atom. The molecule has 0 aliphatic rings. The number of ketones is 1. The number of hydrogen-bond acceptors (Lipinski definition) is 1. The first-order chi connectivity index (χ1) is 8.58. The fourth-order valence-electron chi connectivity index (χ4n) is 1.79. The minimum atomic E-state index is -0.310. The molecule has 0 heterocycles. The van der Waals surface area contributed by atoms with E-state index < -0.39 is 0 Å². The Balaban J connectivity index is 2.27. The Morgan fingerprint density at radius 2 is 1.94 bits per heavy atom. The lowest BCUT2D eigenvalue weighted by molar-refractivity contribution is 0.0992. The molecule has 92 valence electrons. The maximum Gasteiger partial charge on any atom is 0.168 e. The third-order valence-corrected chi connectivity index (χ3v) is 3.53. The molecule has 0 saturated heterocycles. The highest BCUT2D eigenvalue weighted by Gasteiger charge is 2.12. The summed E-state index contributed by atoms with van der Waals surface area (Å²) < 4.78 is 13.9. The average molecular weight is 307 g/mol. The molecule has 2 aromatic carbocycles. The van der Waals surface area contributed by atoms with Gasteiger partial charge in [-0.05, 0) is 36.2 Å². The van der Waals surface area contributed by atoms with Crippen LogP contribution in [0.25, 0.3) is 0 Å². The van der Waals surface area contributed by atoms with Crippen LogP contribution in [0.1, 0.15) is 21.5 Å². The van der Waals surface area contributed by atoms with Crippen molar-refractivity contribution in [3.05, 3.63) is 69.4 Å². The highest BCUT2D eigenvalue weighted by Crippen LogP contribution is 2.19. The first-order valence-corrected chi connectivity index (χ1v) is 6.40. The van der Waals surface area contributed by atoms with Crippen molar-refractivity contribution in [3.63, 3.8) is 0 Å². The van der Waals surface area contributed by atoms with Crippen molar-refractivity contribution in [1.29, 1.82) is 0 Å². The van der Waals surface area contributed by atoms with E-state index in [-0.39, 0.29) is 18.0 Å². The summed E-state index contributed by atoms with van der Waals surface area (Å²) in [7, 11) is 0. The van der Waals surface area contributed by atoms with Crippen molar-refractivity contribution in [2.24, 2.45) is 0 Å². The maximum absolute atomic E-state index is 13.2. The first kappa shape index (κ1) is 13.0. The van der Waals surface area contributed by atoms with E-state index in [1.54, 1.807) is 12.1 Å². The van der Waals surface area contributed by atoms with Gasteiger partial charge >= 0.3 is 0 Å². The Bertz CT molecular complexity index is 593. The molecule has 0 aliphatic carbocycles. The van der Waals surface area contributed by atoms with Crippen LogP contribution in [-0.2, 0) is 6.42 Å². The molecule has 2 aromatic rings. The fourth-order valence-corrected chi connectivity index (χ4v) is 2.29. The monoisotopic (exact) mass is 306 g/mol. The average Bonchev–Trinajstić information content (AvgIpc) is 2.34. The lowest BCUT2D eigenvalue weighted by Gasteiger charge is -2.06. The van der Waals surface area contributed by atoms with Gasteiger partial charge in [-0.3, -0.25) is 4.79 Å². The van der Waals surface area contributed by atoms with Gasteiger partial charge in [0, 0.05) is 16.5 Å². The van der Waals surface area contributed by atoms with E-state index in [2.05, 4.69) is 15.9 Å². The molecule has 0 radical (unpaired) electrons. The molecule has 0 spiro atoms. The summed E-state index contributed by atoms with van der Waals surface area (Å²) in [5.41, 5.74) is 2.29. The highest BCUT2D eigenvalue weighted by molar-refractivity contribution is 9.10. The molecule has 0 aliphatic heterocycles. The Morgan fingerprint density at radius 3 is 2.67 bits per heavy atom. The number of benzene rings is 2. The number of carbonyl (C=O) groups is 1. The Hall–Kier alpha value is -1.48. The number of hydrogen-bond donors (Lipinski definition) is 0. The molecule has 0 bridgehead atoms. The van der Waals surface area contributed by atoms with Gasteiger partial charge in [-0.15, -0.1) is 0 Å². The van der Waals surface area contributed by atoms with Gasteiger partial charge < -0.3 is 0 Å². The molecule has 0 amide bonds.